The van der Waals surface area contributed by atoms with Crippen molar-refractivity contribution in [1.29, 1.82) is 0 Å². The van der Waals surface area contributed by atoms with Gasteiger partial charge in [0.05, 0.1) is 28.8 Å². The number of ether oxygens (including phenoxy) is 2. The summed E-state index contributed by atoms with van der Waals surface area (Å²) in [6, 6.07) is 5.49. The highest BCUT2D eigenvalue weighted by Crippen LogP contribution is 2.33. The number of thioether (sulfide) groups is 1. The molecule has 2 heterocycles. The number of nitrogens with zero attached hydrogens (tertiary/aromatic N) is 2. The number of rotatable bonds is 4. The first-order valence-electron chi connectivity index (χ1n) is 7.94. The first-order chi connectivity index (χ1) is 12.5. The van der Waals surface area contributed by atoms with E-state index in [1.165, 1.54) is 0 Å². The number of hydrogen-bond donors (Lipinski definition) is 0. The number of morpholine rings is 1. The number of amides is 3. The zero-order valence-corrected chi connectivity index (χ0v) is 17.0. The molecule has 1 aromatic rings. The topological polar surface area (TPSA) is 76.2 Å². The summed E-state index contributed by atoms with van der Waals surface area (Å²) in [5.74, 6) is 0.0650. The van der Waals surface area contributed by atoms with E-state index in [1.54, 1.807) is 24.2 Å². The third-order valence-electron chi connectivity index (χ3n) is 4.00. The van der Waals surface area contributed by atoms with E-state index in [0.29, 0.717) is 31.2 Å². The van der Waals surface area contributed by atoms with Gasteiger partial charge in [-0.3, -0.25) is 19.3 Å². The van der Waals surface area contributed by atoms with Gasteiger partial charge >= 0.3 is 0 Å². The summed E-state index contributed by atoms with van der Waals surface area (Å²) < 4.78 is 11.3. The van der Waals surface area contributed by atoms with Crippen molar-refractivity contribution in [3.05, 3.63) is 32.2 Å². The average molecular weight is 488 g/mol. The highest BCUT2D eigenvalue weighted by atomic mass is 127. The summed E-state index contributed by atoms with van der Waals surface area (Å²) in [6.45, 7) is 1.68. The minimum absolute atomic E-state index is 0.234. The molecule has 0 spiro atoms. The van der Waals surface area contributed by atoms with Gasteiger partial charge in [-0.2, -0.15) is 0 Å². The van der Waals surface area contributed by atoms with Crippen molar-refractivity contribution in [2.75, 3.05) is 40.0 Å². The van der Waals surface area contributed by atoms with Crippen molar-refractivity contribution in [3.8, 4) is 5.75 Å². The van der Waals surface area contributed by atoms with Crippen LogP contribution in [0, 0.1) is 3.57 Å². The lowest BCUT2D eigenvalue weighted by Gasteiger charge is -2.28. The van der Waals surface area contributed by atoms with Gasteiger partial charge in [-0.25, -0.2) is 0 Å². The molecule has 0 atom stereocenters. The van der Waals surface area contributed by atoms with Crippen LogP contribution in [0.3, 0.4) is 0 Å². The van der Waals surface area contributed by atoms with Crippen LogP contribution in [0.1, 0.15) is 5.56 Å². The van der Waals surface area contributed by atoms with E-state index in [1.807, 2.05) is 12.1 Å². The zero-order chi connectivity index (χ0) is 18.7. The quantitative estimate of drug-likeness (QED) is 0.478. The van der Waals surface area contributed by atoms with Crippen LogP contribution in [-0.2, 0) is 14.3 Å². The highest BCUT2D eigenvalue weighted by molar-refractivity contribution is 14.1. The summed E-state index contributed by atoms with van der Waals surface area (Å²) in [4.78, 5) is 40.0. The Bertz CT molecular complexity index is 776. The SMILES string of the molecule is COc1ccc(/C=C2/SC(=O)N(CC(=O)N3CCOCC3)C2=O)cc1I. The molecular formula is C17H17IN2O5S. The lowest BCUT2D eigenvalue weighted by Crippen LogP contribution is -2.46. The molecule has 2 aliphatic rings. The highest BCUT2D eigenvalue weighted by Gasteiger charge is 2.37. The minimum Gasteiger partial charge on any atom is -0.496 e. The number of halogens is 1. The number of methoxy groups -OCH3 is 1. The Hall–Kier alpha value is -1.59. The normalized spacial score (nSPS) is 19.4. The maximum Gasteiger partial charge on any atom is 0.294 e. The van der Waals surface area contributed by atoms with Crippen molar-refractivity contribution in [1.82, 2.24) is 9.80 Å². The molecule has 3 rings (SSSR count). The van der Waals surface area contributed by atoms with E-state index in [2.05, 4.69) is 22.6 Å². The molecule has 0 radical (unpaired) electrons. The fourth-order valence-corrected chi connectivity index (χ4v) is 4.21. The van der Waals surface area contributed by atoms with Crippen LogP contribution < -0.4 is 4.74 Å². The Kier molecular flexibility index (Phi) is 6.20. The molecular weight excluding hydrogens is 471 g/mol. The maximum atomic E-state index is 12.5. The number of carbonyl (C=O) groups is 3. The molecule has 2 aliphatic heterocycles. The van der Waals surface area contributed by atoms with Crippen molar-refractivity contribution >= 4 is 57.5 Å². The number of imide groups is 1. The van der Waals surface area contributed by atoms with Gasteiger partial charge in [0.25, 0.3) is 11.1 Å². The van der Waals surface area contributed by atoms with Gasteiger partial charge in [0.15, 0.2) is 0 Å². The first kappa shape index (κ1) is 19.2. The van der Waals surface area contributed by atoms with E-state index in [9.17, 15) is 14.4 Å². The molecule has 0 unspecified atom stereocenters. The third-order valence-corrected chi connectivity index (χ3v) is 5.75. The van der Waals surface area contributed by atoms with E-state index in [4.69, 9.17) is 9.47 Å². The van der Waals surface area contributed by atoms with Gasteiger partial charge in [-0.15, -0.1) is 0 Å². The number of hydrogen-bond acceptors (Lipinski definition) is 6. The molecule has 2 fully saturated rings. The first-order valence-corrected chi connectivity index (χ1v) is 9.83. The van der Waals surface area contributed by atoms with Gasteiger partial charge in [0, 0.05) is 13.1 Å². The smallest absolute Gasteiger partial charge is 0.294 e. The molecule has 9 heteroatoms. The maximum absolute atomic E-state index is 12.5. The number of carbonyl (C=O) groups excluding carboxylic acids is 3. The summed E-state index contributed by atoms with van der Waals surface area (Å²) in [5, 5.41) is -0.425. The molecule has 0 bridgehead atoms. The van der Waals surface area contributed by atoms with Gasteiger partial charge in [-0.05, 0) is 58.1 Å². The molecule has 0 N–H and O–H groups in total. The molecule has 138 valence electrons. The average Bonchev–Trinajstić information content (AvgIpc) is 2.90. The summed E-state index contributed by atoms with van der Waals surface area (Å²) in [6.07, 6.45) is 1.66. The Morgan fingerprint density at radius 2 is 2.08 bits per heavy atom. The lowest BCUT2D eigenvalue weighted by atomic mass is 10.2. The second kappa shape index (κ2) is 8.40. The molecule has 0 aromatic heterocycles. The summed E-state index contributed by atoms with van der Waals surface area (Å²) >= 11 is 2.99. The second-order valence-corrected chi connectivity index (χ2v) is 7.81. The molecule has 0 aliphatic carbocycles. The van der Waals surface area contributed by atoms with Crippen molar-refractivity contribution in [2.45, 2.75) is 0 Å². The summed E-state index contributed by atoms with van der Waals surface area (Å²) in [7, 11) is 1.59. The van der Waals surface area contributed by atoms with Crippen LogP contribution in [0.25, 0.3) is 6.08 Å². The van der Waals surface area contributed by atoms with Crippen LogP contribution in [0.2, 0.25) is 0 Å². The molecule has 7 nitrogen and oxygen atoms in total. The fraction of sp³-hybridized carbons (Fsp3) is 0.353. The van der Waals surface area contributed by atoms with Crippen LogP contribution in [0.4, 0.5) is 4.79 Å². The monoisotopic (exact) mass is 488 g/mol. The van der Waals surface area contributed by atoms with Crippen LogP contribution >= 0.6 is 34.4 Å². The Balaban J connectivity index is 1.71. The Labute approximate surface area is 168 Å². The fourth-order valence-electron chi connectivity index (χ4n) is 2.61. The Morgan fingerprint density at radius 1 is 1.35 bits per heavy atom. The van der Waals surface area contributed by atoms with E-state index in [0.717, 1.165) is 31.5 Å². The van der Waals surface area contributed by atoms with E-state index < -0.39 is 11.1 Å². The molecule has 26 heavy (non-hydrogen) atoms. The predicted molar refractivity (Wildman–Crippen MR) is 106 cm³/mol. The van der Waals surface area contributed by atoms with Crippen molar-refractivity contribution in [2.24, 2.45) is 0 Å². The third kappa shape index (κ3) is 4.21. The van der Waals surface area contributed by atoms with Crippen molar-refractivity contribution < 1.29 is 23.9 Å². The molecule has 1 aromatic carbocycles. The Morgan fingerprint density at radius 3 is 2.73 bits per heavy atom. The standard InChI is InChI=1S/C17H17IN2O5S/c1-24-13-3-2-11(8-12(13)18)9-14-16(22)20(17(23)26-14)10-15(21)19-4-6-25-7-5-19/h2-3,8-9H,4-7,10H2,1H3/b14-9+. The van der Waals surface area contributed by atoms with Crippen LogP contribution in [-0.4, -0.2) is 66.8 Å². The van der Waals surface area contributed by atoms with E-state index in [-0.39, 0.29) is 12.5 Å². The zero-order valence-electron chi connectivity index (χ0n) is 14.1. The molecule has 2 saturated heterocycles. The summed E-state index contributed by atoms with van der Waals surface area (Å²) in [5.41, 5.74) is 0.792. The largest absolute Gasteiger partial charge is 0.496 e. The van der Waals surface area contributed by atoms with Crippen LogP contribution in [0.5, 0.6) is 5.75 Å². The van der Waals surface area contributed by atoms with Gasteiger partial charge in [0.2, 0.25) is 5.91 Å². The van der Waals surface area contributed by atoms with Gasteiger partial charge in [0.1, 0.15) is 12.3 Å². The predicted octanol–water partition coefficient (Wildman–Crippen LogP) is 2.19. The second-order valence-electron chi connectivity index (χ2n) is 5.65. The van der Waals surface area contributed by atoms with Gasteiger partial charge in [-0.1, -0.05) is 6.07 Å². The van der Waals surface area contributed by atoms with Gasteiger partial charge < -0.3 is 14.4 Å². The molecule has 3 amide bonds. The molecule has 0 saturated carbocycles. The lowest BCUT2D eigenvalue weighted by molar-refractivity contribution is -0.139. The minimum atomic E-state index is -0.438. The van der Waals surface area contributed by atoms with Crippen LogP contribution in [0.15, 0.2) is 23.1 Å². The van der Waals surface area contributed by atoms with E-state index >= 15 is 0 Å². The van der Waals surface area contributed by atoms with Crippen molar-refractivity contribution in [3.63, 3.8) is 0 Å². The number of benzene rings is 1.